The van der Waals surface area contributed by atoms with Gasteiger partial charge in [-0.05, 0) is 86.1 Å². The Morgan fingerprint density at radius 3 is 2.47 bits per heavy atom. The summed E-state index contributed by atoms with van der Waals surface area (Å²) in [4.78, 5) is 55.9. The highest BCUT2D eigenvalue weighted by atomic mass is 32.1. The van der Waals surface area contributed by atoms with Crippen LogP contribution >= 0.6 is 11.3 Å². The largest absolute Gasteiger partial charge is 0.507 e. The number of aryl methyl sites for hydroxylation is 1. The summed E-state index contributed by atoms with van der Waals surface area (Å²) in [6.07, 6.45) is 1.78. The van der Waals surface area contributed by atoms with Gasteiger partial charge in [-0.25, -0.2) is 4.98 Å². The van der Waals surface area contributed by atoms with Crippen LogP contribution in [0.25, 0.3) is 21.7 Å². The van der Waals surface area contributed by atoms with E-state index in [0.717, 1.165) is 98.4 Å². The lowest BCUT2D eigenvalue weighted by molar-refractivity contribution is -0.153. The number of phenolic OH excluding ortho intramolecular Hbond substituents is 1. The van der Waals surface area contributed by atoms with E-state index in [0.29, 0.717) is 41.5 Å². The molecular weight excluding hydrogens is 909 g/mol. The number of rotatable bonds is 16. The number of amides is 2. The zero-order chi connectivity index (χ0) is 49.1. The van der Waals surface area contributed by atoms with E-state index >= 15 is 0 Å². The van der Waals surface area contributed by atoms with E-state index < -0.39 is 18.1 Å². The molecule has 18 heteroatoms. The molecule has 0 radical (unpaired) electrons. The van der Waals surface area contributed by atoms with E-state index in [1.807, 2.05) is 81.7 Å². The molecule has 5 atom stereocenters. The van der Waals surface area contributed by atoms with Crippen molar-refractivity contribution in [3.63, 3.8) is 0 Å². The van der Waals surface area contributed by atoms with Crippen LogP contribution in [-0.4, -0.2) is 142 Å². The fourth-order valence-corrected chi connectivity index (χ4v) is 11.2. The Bertz CT molecular complexity index is 2610. The van der Waals surface area contributed by atoms with Crippen molar-refractivity contribution in [1.29, 1.82) is 0 Å². The number of carbonyl (C=O) groups excluding carboxylic acids is 3. The lowest BCUT2D eigenvalue weighted by Crippen LogP contribution is -2.58. The maximum atomic E-state index is 14.6. The summed E-state index contributed by atoms with van der Waals surface area (Å²) in [6.45, 7) is 19.3. The molecule has 3 aromatic heterocycles. The molecule has 372 valence electrons. The smallest absolute Gasteiger partial charge is 0.308 e. The van der Waals surface area contributed by atoms with Crippen LogP contribution in [-0.2, 0) is 19.1 Å². The van der Waals surface area contributed by atoms with Gasteiger partial charge in [0.25, 0.3) is 5.88 Å². The summed E-state index contributed by atoms with van der Waals surface area (Å²) in [6, 6.07) is 18.2. The van der Waals surface area contributed by atoms with Crippen LogP contribution in [0.15, 0.2) is 70.7 Å². The highest BCUT2D eigenvalue weighted by Crippen LogP contribution is 2.37. The average molecular weight is 975 g/mol. The van der Waals surface area contributed by atoms with E-state index in [4.69, 9.17) is 14.0 Å². The maximum absolute atomic E-state index is 14.6. The number of nitrogens with one attached hydrogen (secondary N) is 2. The first-order valence-corrected chi connectivity index (χ1v) is 25.7. The monoisotopic (exact) mass is 974 g/mol. The van der Waals surface area contributed by atoms with Crippen molar-refractivity contribution in [2.24, 2.45) is 17.8 Å². The third kappa shape index (κ3) is 10.9. The second kappa shape index (κ2) is 21.5. The Hall–Kier alpha value is -6.11. The van der Waals surface area contributed by atoms with Gasteiger partial charge in [-0.15, -0.1) is 21.5 Å². The molecule has 4 aliphatic heterocycles. The second-order valence-electron chi connectivity index (χ2n) is 20.0. The van der Waals surface area contributed by atoms with Gasteiger partial charge in [-0.1, -0.05) is 64.1 Å². The number of likely N-dealkylation sites (tertiary alicyclic amines) is 2. The summed E-state index contributed by atoms with van der Waals surface area (Å²) in [5, 5.41) is 30.1. The van der Waals surface area contributed by atoms with Gasteiger partial charge >= 0.3 is 5.97 Å². The van der Waals surface area contributed by atoms with E-state index in [9.17, 15) is 19.5 Å². The topological polar surface area (TPSA) is 192 Å². The molecule has 17 nitrogen and oxygen atoms in total. The molecule has 4 aliphatic rings. The van der Waals surface area contributed by atoms with Crippen LogP contribution in [0.3, 0.4) is 0 Å². The number of ether oxygens (including phenoxy) is 2. The molecule has 7 heterocycles. The molecule has 9 rings (SSSR count). The first-order valence-electron chi connectivity index (χ1n) is 24.8. The van der Waals surface area contributed by atoms with Crippen molar-refractivity contribution >= 4 is 40.6 Å². The number of esters is 1. The number of benzene rings is 2. The van der Waals surface area contributed by atoms with Crippen molar-refractivity contribution in [3.05, 3.63) is 83.2 Å². The molecule has 0 aliphatic carbocycles. The Morgan fingerprint density at radius 2 is 1.74 bits per heavy atom. The Balaban J connectivity index is 0.755. The van der Waals surface area contributed by atoms with Crippen LogP contribution in [0, 0.1) is 24.7 Å². The highest BCUT2D eigenvalue weighted by Gasteiger charge is 2.45. The van der Waals surface area contributed by atoms with Gasteiger partial charge in [0.2, 0.25) is 11.8 Å². The Labute approximate surface area is 413 Å². The van der Waals surface area contributed by atoms with Gasteiger partial charge in [0.15, 0.2) is 11.6 Å². The number of nitrogens with zero attached hydrogens (tertiary/aromatic N) is 8. The number of carbonyl (C=O) groups is 3. The number of thiazole rings is 1. The van der Waals surface area contributed by atoms with Crippen molar-refractivity contribution in [1.82, 2.24) is 40.4 Å². The summed E-state index contributed by atoms with van der Waals surface area (Å²) in [5.74, 6) is 0.00489. The molecule has 0 spiro atoms. The number of piperidine rings is 1. The van der Waals surface area contributed by atoms with E-state index in [1.54, 1.807) is 42.2 Å². The Morgan fingerprint density at radius 1 is 0.957 bits per heavy atom. The number of aromatic hydroxyl groups is 1. The molecule has 2 amide bonds. The van der Waals surface area contributed by atoms with Crippen LogP contribution < -0.4 is 20.3 Å². The van der Waals surface area contributed by atoms with E-state index in [1.165, 1.54) is 0 Å². The number of piperazine rings is 1. The number of hydrogen-bond acceptors (Lipinski definition) is 16. The molecule has 3 saturated heterocycles. The molecule has 2 aromatic carbocycles. The van der Waals surface area contributed by atoms with Gasteiger partial charge in [-0.2, -0.15) is 0 Å². The van der Waals surface area contributed by atoms with Crippen LogP contribution in [0.5, 0.6) is 11.6 Å². The predicted octanol–water partition coefficient (Wildman–Crippen LogP) is 6.76. The number of phenols is 1. The van der Waals surface area contributed by atoms with Gasteiger partial charge in [0.05, 0.1) is 52.0 Å². The van der Waals surface area contributed by atoms with Crippen molar-refractivity contribution in [2.45, 2.75) is 91.0 Å². The van der Waals surface area contributed by atoms with E-state index in [-0.39, 0.29) is 54.4 Å². The molecule has 70 heavy (non-hydrogen) atoms. The number of fused-ring (bicyclic) bond motifs is 3. The SMILES string of the molecule is Cc1ncsc1-c1ccc([C@H](C)NC(=O)[C@@H]2C[C@@H](OC(=O)C(C)C)CN2C(=O)[C@@H](c2cc(OCCN3CCC(CN4CCN5c6cc(-c7ccccc7O)nnc6NC[C@H]5C4)CC3)no2)C(C)C)cc1. The first-order chi connectivity index (χ1) is 33.8. The molecule has 0 saturated carbocycles. The third-order valence-corrected chi connectivity index (χ3v) is 15.3. The van der Waals surface area contributed by atoms with Gasteiger partial charge in [-0.3, -0.25) is 24.2 Å². The fourth-order valence-electron chi connectivity index (χ4n) is 10.3. The summed E-state index contributed by atoms with van der Waals surface area (Å²) >= 11 is 1.59. The molecule has 0 bridgehead atoms. The molecule has 5 aromatic rings. The van der Waals surface area contributed by atoms with Crippen LogP contribution in [0.1, 0.15) is 82.9 Å². The van der Waals surface area contributed by atoms with Crippen molar-refractivity contribution in [3.8, 4) is 33.3 Å². The standard InChI is InChI=1S/C52H66N10O7S/c1-31(2)47(51(65)62-29-39(68-52(66)32(3)4)23-43(62)50(64)55-33(5)36-11-13-37(14-12-36)48-34(6)54-30-70-48)45-25-46(58-69-45)67-22-21-59-17-15-35(16-18-59)27-60-19-20-61-38(28-60)26-53-49-42(61)24-41(56-57-49)40-9-7-8-10-44(40)63/h7-14,24-25,30-33,35,38-39,43,47,63H,15-23,26-29H2,1-6H3,(H,53,57)(H,55,64)/t33-,38-,39+,43-,47+/m0/s1. The minimum absolute atomic E-state index is 0.0906. The van der Waals surface area contributed by atoms with Crippen molar-refractivity contribution in [2.75, 3.05) is 75.7 Å². The number of para-hydroxylation sites is 1. The summed E-state index contributed by atoms with van der Waals surface area (Å²) in [5.41, 5.74) is 7.18. The van der Waals surface area contributed by atoms with E-state index in [2.05, 4.69) is 45.7 Å². The third-order valence-electron chi connectivity index (χ3n) is 14.3. The zero-order valence-electron chi connectivity index (χ0n) is 41.0. The minimum Gasteiger partial charge on any atom is -0.507 e. The van der Waals surface area contributed by atoms with Gasteiger partial charge < -0.3 is 39.5 Å². The summed E-state index contributed by atoms with van der Waals surface area (Å²) in [7, 11) is 0. The number of hydrogen-bond donors (Lipinski definition) is 3. The summed E-state index contributed by atoms with van der Waals surface area (Å²) < 4.78 is 17.7. The number of anilines is 2. The lowest BCUT2D eigenvalue weighted by atomic mass is 9.91. The number of aromatic nitrogens is 4. The van der Waals surface area contributed by atoms with Crippen LogP contribution in [0.4, 0.5) is 11.5 Å². The zero-order valence-corrected chi connectivity index (χ0v) is 41.9. The molecule has 0 unspecified atom stereocenters. The second-order valence-corrected chi connectivity index (χ2v) is 20.8. The van der Waals surface area contributed by atoms with Crippen molar-refractivity contribution < 1.29 is 33.5 Å². The van der Waals surface area contributed by atoms with Gasteiger partial charge in [0.1, 0.15) is 30.4 Å². The Kier molecular flexibility index (Phi) is 15.0. The maximum Gasteiger partial charge on any atom is 0.308 e. The molecular formula is C52H66N10O7S. The normalized spacial score (nSPS) is 20.7. The predicted molar refractivity (Wildman–Crippen MR) is 268 cm³/mol. The quantitative estimate of drug-likeness (QED) is 0.0879. The van der Waals surface area contributed by atoms with Crippen LogP contribution in [0.2, 0.25) is 0 Å². The minimum atomic E-state index is -0.858. The fraction of sp³-hybridized carbons (Fsp3) is 0.519. The lowest BCUT2D eigenvalue weighted by Gasteiger charge is -2.47. The molecule has 3 fully saturated rings. The average Bonchev–Trinajstić information content (AvgIpc) is 4.12. The molecule has 3 N–H and O–H groups in total. The first kappa shape index (κ1) is 48.9. The van der Waals surface area contributed by atoms with Gasteiger partial charge in [0, 0.05) is 57.3 Å². The highest BCUT2D eigenvalue weighted by molar-refractivity contribution is 7.13.